The summed E-state index contributed by atoms with van der Waals surface area (Å²) in [5, 5.41) is 9.43. The molecule has 0 heterocycles. The fourth-order valence-corrected chi connectivity index (χ4v) is 1.07. The summed E-state index contributed by atoms with van der Waals surface area (Å²) in [5.41, 5.74) is 0.334. The highest BCUT2D eigenvalue weighted by Gasteiger charge is 2.07. The minimum absolute atomic E-state index is 0.138. The molecule has 0 aromatic heterocycles. The number of phenols is 1. The molecule has 1 N–H and O–H groups in total. The van der Waals surface area contributed by atoms with Crippen LogP contribution < -0.4 is 4.74 Å². The third-order valence-electron chi connectivity index (χ3n) is 1.77. The topological polar surface area (TPSA) is 72.8 Å². The van der Waals surface area contributed by atoms with Crippen LogP contribution in [0.5, 0.6) is 11.5 Å². The second-order valence-electron chi connectivity index (χ2n) is 2.94. The molecule has 0 saturated heterocycles. The minimum Gasteiger partial charge on any atom is -0.504 e. The number of ether oxygens (including phenoxy) is 2. The second-order valence-corrected chi connectivity index (χ2v) is 2.94. The lowest BCUT2D eigenvalue weighted by molar-refractivity contribution is -0.145. The average molecular weight is 224 g/mol. The molecule has 0 radical (unpaired) electrons. The van der Waals surface area contributed by atoms with Crippen molar-refractivity contribution in [3.05, 3.63) is 23.8 Å². The summed E-state index contributed by atoms with van der Waals surface area (Å²) in [7, 11) is 0. The van der Waals surface area contributed by atoms with Crippen LogP contribution in [0.2, 0.25) is 0 Å². The highest BCUT2D eigenvalue weighted by molar-refractivity contribution is 5.76. The molecule has 1 rings (SSSR count). The van der Waals surface area contributed by atoms with Gasteiger partial charge in [-0.25, -0.2) is 4.79 Å². The molecule has 5 nitrogen and oxygen atoms in total. The molecule has 1 aromatic rings. The maximum Gasteiger partial charge on any atom is 0.344 e. The Morgan fingerprint density at radius 2 is 2.25 bits per heavy atom. The summed E-state index contributed by atoms with van der Waals surface area (Å²) in [5.74, 6) is -0.561. The van der Waals surface area contributed by atoms with E-state index in [1.807, 2.05) is 0 Å². The van der Waals surface area contributed by atoms with E-state index in [9.17, 15) is 14.7 Å². The summed E-state index contributed by atoms with van der Waals surface area (Å²) in [6.07, 6.45) is 0.606. The number of phenolic OH excluding ortho intramolecular Hbond substituents is 1. The van der Waals surface area contributed by atoms with E-state index in [4.69, 9.17) is 4.74 Å². The van der Waals surface area contributed by atoms with Crippen molar-refractivity contribution >= 4 is 12.3 Å². The van der Waals surface area contributed by atoms with E-state index in [1.165, 1.54) is 18.2 Å². The Morgan fingerprint density at radius 3 is 2.81 bits per heavy atom. The van der Waals surface area contributed by atoms with Gasteiger partial charge in [0.2, 0.25) is 0 Å². The van der Waals surface area contributed by atoms with E-state index >= 15 is 0 Å². The van der Waals surface area contributed by atoms with Crippen molar-refractivity contribution < 1.29 is 24.2 Å². The van der Waals surface area contributed by atoms with Crippen molar-refractivity contribution in [3.8, 4) is 11.5 Å². The van der Waals surface area contributed by atoms with Gasteiger partial charge in [-0.2, -0.15) is 0 Å². The molecule has 5 heteroatoms. The summed E-state index contributed by atoms with van der Waals surface area (Å²) < 4.78 is 9.66. The van der Waals surface area contributed by atoms with Gasteiger partial charge < -0.3 is 14.6 Å². The van der Waals surface area contributed by atoms with Gasteiger partial charge in [-0.15, -0.1) is 0 Å². The van der Waals surface area contributed by atoms with Crippen molar-refractivity contribution in [2.75, 3.05) is 13.2 Å². The first-order chi connectivity index (χ1) is 7.67. The Balaban J connectivity index is 2.60. The Hall–Kier alpha value is -2.04. The number of hydrogen-bond donors (Lipinski definition) is 1. The van der Waals surface area contributed by atoms with Gasteiger partial charge >= 0.3 is 5.97 Å². The molecule has 0 bridgehead atoms. The van der Waals surface area contributed by atoms with Crippen molar-refractivity contribution in [1.82, 2.24) is 0 Å². The van der Waals surface area contributed by atoms with Crippen LogP contribution in [0.3, 0.4) is 0 Å². The quantitative estimate of drug-likeness (QED) is 0.599. The maximum atomic E-state index is 11.0. The number of aromatic hydroxyl groups is 1. The Bertz CT molecular complexity index is 386. The number of rotatable bonds is 5. The van der Waals surface area contributed by atoms with Gasteiger partial charge in [0.15, 0.2) is 18.1 Å². The normalized spacial score (nSPS) is 9.56. The molecular formula is C11H12O5. The van der Waals surface area contributed by atoms with Gasteiger partial charge in [0.25, 0.3) is 0 Å². The van der Waals surface area contributed by atoms with Gasteiger partial charge in [0.05, 0.1) is 6.61 Å². The zero-order chi connectivity index (χ0) is 12.0. The van der Waals surface area contributed by atoms with Crippen molar-refractivity contribution in [3.63, 3.8) is 0 Å². The lowest BCUT2D eigenvalue weighted by atomic mass is 10.2. The highest BCUT2D eigenvalue weighted by Crippen LogP contribution is 2.26. The molecule has 0 aliphatic carbocycles. The second kappa shape index (κ2) is 5.75. The molecule has 0 aliphatic rings. The van der Waals surface area contributed by atoms with Crippen LogP contribution in [0.15, 0.2) is 18.2 Å². The van der Waals surface area contributed by atoms with E-state index in [0.29, 0.717) is 11.8 Å². The van der Waals surface area contributed by atoms with Crippen molar-refractivity contribution in [1.29, 1.82) is 0 Å². The molecule has 0 saturated carbocycles. The van der Waals surface area contributed by atoms with Crippen molar-refractivity contribution in [2.24, 2.45) is 0 Å². The molecule has 0 atom stereocenters. The smallest absolute Gasteiger partial charge is 0.344 e. The van der Waals surface area contributed by atoms with Crippen LogP contribution in [0, 0.1) is 0 Å². The van der Waals surface area contributed by atoms with Crippen molar-refractivity contribution in [2.45, 2.75) is 6.92 Å². The lowest BCUT2D eigenvalue weighted by Crippen LogP contribution is -2.14. The number of carbonyl (C=O) groups excluding carboxylic acids is 2. The largest absolute Gasteiger partial charge is 0.504 e. The number of carbonyl (C=O) groups is 2. The third-order valence-corrected chi connectivity index (χ3v) is 1.77. The Kier molecular flexibility index (Phi) is 4.32. The molecular weight excluding hydrogens is 212 g/mol. The minimum atomic E-state index is -0.513. The molecule has 0 amide bonds. The highest BCUT2D eigenvalue weighted by atomic mass is 16.6. The molecule has 0 unspecified atom stereocenters. The predicted octanol–water partition coefficient (Wildman–Crippen LogP) is 1.15. The van der Waals surface area contributed by atoms with Crippen LogP contribution >= 0.6 is 0 Å². The first-order valence-corrected chi connectivity index (χ1v) is 4.74. The van der Waals surface area contributed by atoms with Gasteiger partial charge in [-0.1, -0.05) is 0 Å². The molecule has 0 fully saturated rings. The zero-order valence-electron chi connectivity index (χ0n) is 8.80. The van der Waals surface area contributed by atoms with E-state index < -0.39 is 5.97 Å². The van der Waals surface area contributed by atoms with E-state index in [1.54, 1.807) is 6.92 Å². The monoisotopic (exact) mass is 224 g/mol. The van der Waals surface area contributed by atoms with Crippen LogP contribution in [0.1, 0.15) is 17.3 Å². The van der Waals surface area contributed by atoms with Crippen LogP contribution in [-0.2, 0) is 9.53 Å². The average Bonchev–Trinajstić information content (AvgIpc) is 2.27. The number of esters is 1. The Morgan fingerprint density at radius 1 is 1.50 bits per heavy atom. The summed E-state index contributed by atoms with van der Waals surface area (Å²) >= 11 is 0. The van der Waals surface area contributed by atoms with Gasteiger partial charge in [0, 0.05) is 5.56 Å². The summed E-state index contributed by atoms with van der Waals surface area (Å²) in [6.45, 7) is 1.69. The van der Waals surface area contributed by atoms with E-state index in [2.05, 4.69) is 4.74 Å². The number of aldehydes is 1. The third kappa shape index (κ3) is 3.27. The zero-order valence-corrected chi connectivity index (χ0v) is 8.80. The summed E-state index contributed by atoms with van der Waals surface area (Å²) in [4.78, 5) is 21.4. The van der Waals surface area contributed by atoms with Gasteiger partial charge in [-0.3, -0.25) is 4.79 Å². The first-order valence-electron chi connectivity index (χ1n) is 4.74. The lowest BCUT2D eigenvalue weighted by Gasteiger charge is -2.07. The molecule has 86 valence electrons. The standard InChI is InChI=1S/C11H12O5/c1-2-15-11(14)7-16-10-4-3-8(6-12)5-9(10)13/h3-6,13H,2,7H2,1H3. The fourth-order valence-electron chi connectivity index (χ4n) is 1.07. The first kappa shape index (κ1) is 12.0. The number of benzene rings is 1. The molecule has 16 heavy (non-hydrogen) atoms. The number of hydrogen-bond acceptors (Lipinski definition) is 5. The fraction of sp³-hybridized carbons (Fsp3) is 0.273. The van der Waals surface area contributed by atoms with E-state index in [0.717, 1.165) is 0 Å². The van der Waals surface area contributed by atoms with Crippen LogP contribution in [0.4, 0.5) is 0 Å². The van der Waals surface area contributed by atoms with Gasteiger partial charge in [-0.05, 0) is 25.1 Å². The van der Waals surface area contributed by atoms with Gasteiger partial charge in [0.1, 0.15) is 6.29 Å². The predicted molar refractivity (Wildman–Crippen MR) is 55.6 cm³/mol. The van der Waals surface area contributed by atoms with E-state index in [-0.39, 0.29) is 24.7 Å². The molecule has 0 aliphatic heterocycles. The van der Waals surface area contributed by atoms with Crippen LogP contribution in [-0.4, -0.2) is 30.6 Å². The Labute approximate surface area is 92.6 Å². The molecule has 0 spiro atoms. The van der Waals surface area contributed by atoms with Crippen LogP contribution in [0.25, 0.3) is 0 Å². The maximum absolute atomic E-state index is 11.0. The molecule has 1 aromatic carbocycles. The SMILES string of the molecule is CCOC(=O)COc1ccc(C=O)cc1O. The summed E-state index contributed by atoms with van der Waals surface area (Å²) in [6, 6.07) is 4.15.